The third-order valence-corrected chi connectivity index (χ3v) is 6.28. The second-order valence-corrected chi connectivity index (χ2v) is 8.07. The number of carbonyl (C=O) groups excluding carboxylic acids is 1. The van der Waals surface area contributed by atoms with Gasteiger partial charge in [-0.15, -0.1) is 0 Å². The van der Waals surface area contributed by atoms with Crippen molar-refractivity contribution >= 4 is 5.91 Å². The maximum absolute atomic E-state index is 12.2. The minimum absolute atomic E-state index is 0.110. The highest BCUT2D eigenvalue weighted by Crippen LogP contribution is 2.36. The fourth-order valence-corrected chi connectivity index (χ4v) is 4.57. The summed E-state index contributed by atoms with van der Waals surface area (Å²) in [6, 6.07) is 8.73. The molecule has 2 aliphatic heterocycles. The molecule has 3 fully saturated rings. The fraction of sp³-hybridized carbons (Fsp3) is 0.667. The van der Waals surface area contributed by atoms with Gasteiger partial charge in [0, 0.05) is 25.0 Å². The van der Waals surface area contributed by atoms with Gasteiger partial charge in [0.05, 0.1) is 26.2 Å². The van der Waals surface area contributed by atoms with Crippen molar-refractivity contribution in [1.82, 2.24) is 10.2 Å². The van der Waals surface area contributed by atoms with Crippen molar-refractivity contribution in [3.63, 3.8) is 0 Å². The lowest BCUT2D eigenvalue weighted by Gasteiger charge is -2.35. The number of likely N-dealkylation sites (tertiary alicyclic amines) is 1. The standard InChI is InChI=1S/C21H30N2O3/c1-25-18-7-2-4-15(10-18)12-23-9-8-19-16(13-23)14-26-20(19)11-21(24)22-17-5-3-6-17/h2,4,7,10,16-17,19-20H,3,5-6,8-9,11-14H2,1H3,(H,22,24)/t16-,19-,20+/m1/s1. The zero-order valence-corrected chi connectivity index (χ0v) is 15.7. The molecule has 0 aromatic heterocycles. The van der Waals surface area contributed by atoms with Gasteiger partial charge in [-0.2, -0.15) is 0 Å². The first-order valence-electron chi connectivity index (χ1n) is 9.97. The molecule has 0 bridgehead atoms. The van der Waals surface area contributed by atoms with Crippen LogP contribution in [0, 0.1) is 11.8 Å². The molecule has 26 heavy (non-hydrogen) atoms. The molecule has 0 unspecified atom stereocenters. The molecule has 4 rings (SSSR count). The van der Waals surface area contributed by atoms with Crippen LogP contribution >= 0.6 is 0 Å². The summed E-state index contributed by atoms with van der Waals surface area (Å²) in [5.41, 5.74) is 1.29. The summed E-state index contributed by atoms with van der Waals surface area (Å²) >= 11 is 0. The number of nitrogens with one attached hydrogen (secondary N) is 1. The minimum Gasteiger partial charge on any atom is -0.497 e. The Kier molecular flexibility index (Phi) is 5.46. The molecule has 3 atom stereocenters. The highest BCUT2D eigenvalue weighted by atomic mass is 16.5. The van der Waals surface area contributed by atoms with E-state index in [1.165, 1.54) is 12.0 Å². The molecule has 0 radical (unpaired) electrons. The van der Waals surface area contributed by atoms with E-state index in [4.69, 9.17) is 9.47 Å². The second-order valence-electron chi connectivity index (χ2n) is 8.07. The number of hydrogen-bond acceptors (Lipinski definition) is 4. The highest BCUT2D eigenvalue weighted by Gasteiger charge is 2.41. The van der Waals surface area contributed by atoms with Gasteiger partial charge in [-0.3, -0.25) is 9.69 Å². The first-order valence-corrected chi connectivity index (χ1v) is 9.97. The van der Waals surface area contributed by atoms with Crippen LogP contribution in [0.3, 0.4) is 0 Å². The maximum Gasteiger partial charge on any atom is 0.222 e. The van der Waals surface area contributed by atoms with Crippen molar-refractivity contribution in [2.75, 3.05) is 26.8 Å². The number of ether oxygens (including phenoxy) is 2. The molecule has 1 aromatic rings. The normalized spacial score (nSPS) is 29.0. The van der Waals surface area contributed by atoms with Crippen molar-refractivity contribution in [3.05, 3.63) is 29.8 Å². The minimum atomic E-state index is 0.110. The van der Waals surface area contributed by atoms with Crippen LogP contribution in [0.15, 0.2) is 24.3 Å². The first kappa shape index (κ1) is 17.8. The number of nitrogens with zero attached hydrogens (tertiary/aromatic N) is 1. The third-order valence-electron chi connectivity index (χ3n) is 6.28. The molecule has 142 valence electrons. The third kappa shape index (κ3) is 4.04. The molecule has 1 saturated carbocycles. The predicted octanol–water partition coefficient (Wildman–Crippen LogP) is 2.59. The van der Waals surface area contributed by atoms with Gasteiger partial charge in [-0.05, 0) is 55.8 Å². The van der Waals surface area contributed by atoms with E-state index in [0.717, 1.165) is 51.3 Å². The summed E-state index contributed by atoms with van der Waals surface area (Å²) in [6.45, 7) is 3.87. The van der Waals surface area contributed by atoms with Gasteiger partial charge >= 0.3 is 0 Å². The van der Waals surface area contributed by atoms with Crippen molar-refractivity contribution in [2.24, 2.45) is 11.8 Å². The highest BCUT2D eigenvalue weighted by molar-refractivity contribution is 5.77. The van der Waals surface area contributed by atoms with Crippen LogP contribution in [0.25, 0.3) is 0 Å². The van der Waals surface area contributed by atoms with Crippen molar-refractivity contribution in [2.45, 2.75) is 50.8 Å². The lowest BCUT2D eigenvalue weighted by atomic mass is 9.83. The van der Waals surface area contributed by atoms with Gasteiger partial charge in [-0.25, -0.2) is 0 Å². The number of hydrogen-bond donors (Lipinski definition) is 1. The summed E-state index contributed by atoms with van der Waals surface area (Å²) < 4.78 is 11.4. The largest absolute Gasteiger partial charge is 0.497 e. The summed E-state index contributed by atoms with van der Waals surface area (Å²) in [4.78, 5) is 14.7. The Balaban J connectivity index is 1.27. The van der Waals surface area contributed by atoms with Gasteiger partial charge in [0.2, 0.25) is 5.91 Å². The molecule has 1 aliphatic carbocycles. The van der Waals surface area contributed by atoms with Crippen molar-refractivity contribution < 1.29 is 14.3 Å². The Morgan fingerprint density at radius 2 is 2.23 bits per heavy atom. The number of amides is 1. The van der Waals surface area contributed by atoms with Gasteiger partial charge in [0.15, 0.2) is 0 Å². The van der Waals surface area contributed by atoms with Crippen LogP contribution in [-0.4, -0.2) is 49.8 Å². The van der Waals surface area contributed by atoms with E-state index in [2.05, 4.69) is 28.4 Å². The number of piperidine rings is 1. The molecule has 5 nitrogen and oxygen atoms in total. The van der Waals surface area contributed by atoms with Gasteiger partial charge in [0.25, 0.3) is 0 Å². The number of fused-ring (bicyclic) bond motifs is 1. The van der Waals surface area contributed by atoms with Crippen LogP contribution < -0.4 is 10.1 Å². The van der Waals surface area contributed by atoms with Crippen LogP contribution in [0.4, 0.5) is 0 Å². The molecule has 3 aliphatic rings. The van der Waals surface area contributed by atoms with E-state index in [1.807, 2.05) is 6.07 Å². The summed E-state index contributed by atoms with van der Waals surface area (Å²) in [5, 5.41) is 3.15. The van der Waals surface area contributed by atoms with E-state index in [-0.39, 0.29) is 12.0 Å². The van der Waals surface area contributed by atoms with E-state index < -0.39 is 0 Å². The SMILES string of the molecule is COc1cccc(CN2CC[C@@H]3[C@@H](CO[C@H]3CC(=O)NC3CCC3)C2)c1. The Hall–Kier alpha value is -1.59. The van der Waals surface area contributed by atoms with Crippen LogP contribution in [-0.2, 0) is 16.1 Å². The lowest BCUT2D eigenvalue weighted by molar-refractivity contribution is -0.125. The topological polar surface area (TPSA) is 50.8 Å². The molecular formula is C21H30N2O3. The zero-order chi connectivity index (χ0) is 17.9. The van der Waals surface area contributed by atoms with E-state index in [0.29, 0.717) is 24.3 Å². The van der Waals surface area contributed by atoms with E-state index in [1.54, 1.807) is 7.11 Å². The van der Waals surface area contributed by atoms with Crippen LogP contribution in [0.1, 0.15) is 37.7 Å². The lowest BCUT2D eigenvalue weighted by Crippen LogP contribution is -2.43. The number of benzene rings is 1. The molecule has 2 heterocycles. The Bertz CT molecular complexity index is 631. The average molecular weight is 358 g/mol. The van der Waals surface area contributed by atoms with Gasteiger partial charge < -0.3 is 14.8 Å². The zero-order valence-electron chi connectivity index (χ0n) is 15.7. The monoisotopic (exact) mass is 358 g/mol. The van der Waals surface area contributed by atoms with Crippen LogP contribution in [0.2, 0.25) is 0 Å². The Labute approximate surface area is 156 Å². The van der Waals surface area contributed by atoms with E-state index >= 15 is 0 Å². The predicted molar refractivity (Wildman–Crippen MR) is 100 cm³/mol. The van der Waals surface area contributed by atoms with Gasteiger partial charge in [-0.1, -0.05) is 12.1 Å². The molecule has 5 heteroatoms. The Morgan fingerprint density at radius 1 is 1.35 bits per heavy atom. The summed E-state index contributed by atoms with van der Waals surface area (Å²) in [6.07, 6.45) is 5.30. The number of carbonyl (C=O) groups is 1. The smallest absolute Gasteiger partial charge is 0.222 e. The molecule has 1 N–H and O–H groups in total. The van der Waals surface area contributed by atoms with Crippen molar-refractivity contribution in [1.29, 1.82) is 0 Å². The number of rotatable bonds is 6. The number of methoxy groups -OCH3 is 1. The molecule has 2 saturated heterocycles. The summed E-state index contributed by atoms with van der Waals surface area (Å²) in [5.74, 6) is 2.18. The molecule has 0 spiro atoms. The Morgan fingerprint density at radius 3 is 3.00 bits per heavy atom. The maximum atomic E-state index is 12.2. The fourth-order valence-electron chi connectivity index (χ4n) is 4.57. The van der Waals surface area contributed by atoms with Crippen molar-refractivity contribution in [3.8, 4) is 5.75 Å². The van der Waals surface area contributed by atoms with Crippen LogP contribution in [0.5, 0.6) is 5.75 Å². The first-order chi connectivity index (χ1) is 12.7. The van der Waals surface area contributed by atoms with Gasteiger partial charge in [0.1, 0.15) is 5.75 Å². The molecule has 1 aromatic carbocycles. The van der Waals surface area contributed by atoms with E-state index in [9.17, 15) is 4.79 Å². The second kappa shape index (κ2) is 7.97. The average Bonchev–Trinajstić information content (AvgIpc) is 3.00. The summed E-state index contributed by atoms with van der Waals surface area (Å²) in [7, 11) is 1.71. The molecular weight excluding hydrogens is 328 g/mol. The molecule has 1 amide bonds. The quantitative estimate of drug-likeness (QED) is 0.849.